The summed E-state index contributed by atoms with van der Waals surface area (Å²) in [4.78, 5) is 23.0. The smallest absolute Gasteiger partial charge is 0.408 e. The molecule has 1 amide bonds. The molecule has 7 heteroatoms. The summed E-state index contributed by atoms with van der Waals surface area (Å²) >= 11 is 0. The molecule has 1 atom stereocenters. The minimum absolute atomic E-state index is 0.167. The van der Waals surface area contributed by atoms with E-state index >= 15 is 0 Å². The lowest BCUT2D eigenvalue weighted by Crippen LogP contribution is -2.44. The highest BCUT2D eigenvalue weighted by atomic mass is 16.6. The second kappa shape index (κ2) is 6.60. The van der Waals surface area contributed by atoms with Crippen LogP contribution in [0.4, 0.5) is 4.79 Å². The van der Waals surface area contributed by atoms with Crippen LogP contribution >= 0.6 is 0 Å². The molecule has 0 saturated heterocycles. The van der Waals surface area contributed by atoms with Gasteiger partial charge < -0.3 is 15.2 Å². The summed E-state index contributed by atoms with van der Waals surface area (Å²) in [7, 11) is 0. The maximum absolute atomic E-state index is 11.7. The third-order valence-corrected chi connectivity index (χ3v) is 2.79. The van der Waals surface area contributed by atoms with Gasteiger partial charge in [0.05, 0.1) is 5.69 Å². The molecular weight excluding hydrogens is 274 g/mol. The molecule has 21 heavy (non-hydrogen) atoms. The van der Waals surface area contributed by atoms with Crippen LogP contribution in [-0.4, -0.2) is 38.6 Å². The van der Waals surface area contributed by atoms with Crippen molar-refractivity contribution in [3.8, 4) is 0 Å². The van der Waals surface area contributed by atoms with Crippen molar-refractivity contribution in [2.75, 3.05) is 0 Å². The van der Waals surface area contributed by atoms with Crippen molar-refractivity contribution >= 4 is 12.1 Å². The summed E-state index contributed by atoms with van der Waals surface area (Å²) in [5.74, 6) is -1.11. The molecule has 1 aromatic rings. The average molecular weight is 297 g/mol. The number of aryl methyl sites for hydroxylation is 2. The zero-order chi connectivity index (χ0) is 16.2. The Morgan fingerprint density at radius 1 is 1.48 bits per heavy atom. The molecule has 0 bridgehead atoms. The zero-order valence-electron chi connectivity index (χ0n) is 13.1. The number of carboxylic acid groups (broad SMARTS) is 1. The van der Waals surface area contributed by atoms with E-state index in [1.807, 2.05) is 13.8 Å². The molecule has 1 unspecified atom stereocenters. The monoisotopic (exact) mass is 297 g/mol. The molecule has 0 radical (unpaired) electrons. The number of nitrogens with one attached hydrogen (secondary N) is 1. The molecule has 0 spiro atoms. The highest BCUT2D eigenvalue weighted by Crippen LogP contribution is 2.11. The number of carboxylic acids is 1. The summed E-state index contributed by atoms with van der Waals surface area (Å²) in [6, 6.07) is -1.05. The second-order valence-electron chi connectivity index (χ2n) is 5.84. The Labute approximate surface area is 124 Å². The summed E-state index contributed by atoms with van der Waals surface area (Å²) in [5.41, 5.74) is 0.880. The Balaban J connectivity index is 2.76. The lowest BCUT2D eigenvalue weighted by molar-refractivity contribution is -0.139. The minimum Gasteiger partial charge on any atom is -0.480 e. The number of nitrogens with zero attached hydrogens (tertiary/aromatic N) is 2. The van der Waals surface area contributed by atoms with E-state index in [0.717, 1.165) is 11.3 Å². The first kappa shape index (κ1) is 17.0. The highest BCUT2D eigenvalue weighted by Gasteiger charge is 2.25. The summed E-state index contributed by atoms with van der Waals surface area (Å²) in [6.45, 7) is 9.63. The van der Waals surface area contributed by atoms with E-state index in [1.165, 1.54) is 0 Å². The van der Waals surface area contributed by atoms with Crippen LogP contribution < -0.4 is 5.32 Å². The van der Waals surface area contributed by atoms with Crippen molar-refractivity contribution in [3.05, 3.63) is 17.5 Å². The van der Waals surface area contributed by atoms with Gasteiger partial charge in [-0.3, -0.25) is 4.68 Å². The molecule has 1 heterocycles. The molecule has 0 aliphatic carbocycles. The van der Waals surface area contributed by atoms with E-state index in [2.05, 4.69) is 10.4 Å². The summed E-state index contributed by atoms with van der Waals surface area (Å²) < 4.78 is 6.81. The zero-order valence-corrected chi connectivity index (χ0v) is 13.1. The SMILES string of the molecule is CCn1cc(CC(NC(=O)OC(C)(C)C)C(=O)O)c(C)n1. The fourth-order valence-corrected chi connectivity index (χ4v) is 1.79. The Morgan fingerprint density at radius 2 is 2.10 bits per heavy atom. The molecule has 0 aromatic carbocycles. The van der Waals surface area contributed by atoms with Crippen molar-refractivity contribution in [1.82, 2.24) is 15.1 Å². The third kappa shape index (κ3) is 5.45. The van der Waals surface area contributed by atoms with E-state index in [1.54, 1.807) is 31.6 Å². The number of hydrogen-bond acceptors (Lipinski definition) is 4. The number of aromatic nitrogens is 2. The van der Waals surface area contributed by atoms with Crippen molar-refractivity contribution < 1.29 is 19.4 Å². The number of carbonyl (C=O) groups excluding carboxylic acids is 1. The number of carbonyl (C=O) groups is 2. The van der Waals surface area contributed by atoms with Crippen LogP contribution in [0.15, 0.2) is 6.20 Å². The van der Waals surface area contributed by atoms with Crippen molar-refractivity contribution in [1.29, 1.82) is 0 Å². The summed E-state index contributed by atoms with van der Waals surface area (Å²) in [6.07, 6.45) is 1.22. The van der Waals surface area contributed by atoms with E-state index in [4.69, 9.17) is 4.74 Å². The molecule has 118 valence electrons. The van der Waals surface area contributed by atoms with Crippen LogP contribution in [0.5, 0.6) is 0 Å². The predicted molar refractivity (Wildman–Crippen MR) is 77.1 cm³/mol. The van der Waals surface area contributed by atoms with Gasteiger partial charge in [-0.15, -0.1) is 0 Å². The van der Waals surface area contributed by atoms with E-state index in [-0.39, 0.29) is 6.42 Å². The first-order valence-electron chi connectivity index (χ1n) is 6.87. The molecule has 7 nitrogen and oxygen atoms in total. The van der Waals surface area contributed by atoms with Crippen LogP contribution in [0.3, 0.4) is 0 Å². The molecule has 0 aliphatic rings. The van der Waals surface area contributed by atoms with Crippen LogP contribution in [-0.2, 0) is 22.5 Å². The quantitative estimate of drug-likeness (QED) is 0.863. The molecule has 0 fully saturated rings. The fourth-order valence-electron chi connectivity index (χ4n) is 1.79. The lowest BCUT2D eigenvalue weighted by atomic mass is 10.1. The van der Waals surface area contributed by atoms with Gasteiger partial charge in [0, 0.05) is 19.2 Å². The molecule has 1 aromatic heterocycles. The van der Waals surface area contributed by atoms with Crippen molar-refractivity contribution in [2.45, 2.75) is 59.2 Å². The Hall–Kier alpha value is -2.05. The molecular formula is C14H23N3O4. The normalized spacial score (nSPS) is 12.8. The standard InChI is InChI=1S/C14H23N3O4/c1-6-17-8-10(9(2)16-17)7-11(12(18)19)15-13(20)21-14(3,4)5/h8,11H,6-7H2,1-5H3,(H,15,20)(H,18,19). The van der Waals surface area contributed by atoms with Gasteiger partial charge in [-0.05, 0) is 40.2 Å². The van der Waals surface area contributed by atoms with Crippen LogP contribution in [0, 0.1) is 6.92 Å². The molecule has 0 saturated carbocycles. The predicted octanol–water partition coefficient (Wildman–Crippen LogP) is 1.73. The van der Waals surface area contributed by atoms with Crippen LogP contribution in [0.1, 0.15) is 39.0 Å². The molecule has 0 aliphatic heterocycles. The first-order valence-corrected chi connectivity index (χ1v) is 6.87. The highest BCUT2D eigenvalue weighted by molar-refractivity contribution is 5.80. The lowest BCUT2D eigenvalue weighted by Gasteiger charge is -2.21. The molecule has 2 N–H and O–H groups in total. The van der Waals surface area contributed by atoms with Gasteiger partial charge in [-0.25, -0.2) is 9.59 Å². The number of rotatable bonds is 5. The maximum atomic E-state index is 11.7. The number of hydrogen-bond donors (Lipinski definition) is 2. The van der Waals surface area contributed by atoms with Gasteiger partial charge in [0.1, 0.15) is 11.6 Å². The number of alkyl carbamates (subject to hydrolysis) is 1. The van der Waals surface area contributed by atoms with E-state index < -0.39 is 23.7 Å². The molecule has 1 rings (SSSR count). The van der Waals surface area contributed by atoms with Gasteiger partial charge in [0.25, 0.3) is 0 Å². The average Bonchev–Trinajstić information content (AvgIpc) is 2.66. The van der Waals surface area contributed by atoms with E-state index in [9.17, 15) is 14.7 Å². The Kier molecular flexibility index (Phi) is 5.34. The van der Waals surface area contributed by atoms with Gasteiger partial charge >= 0.3 is 12.1 Å². The largest absolute Gasteiger partial charge is 0.480 e. The Bertz CT molecular complexity index is 517. The number of aliphatic carboxylic acids is 1. The van der Waals surface area contributed by atoms with Gasteiger partial charge in [0.2, 0.25) is 0 Å². The van der Waals surface area contributed by atoms with Gasteiger partial charge in [-0.2, -0.15) is 5.10 Å². The van der Waals surface area contributed by atoms with Crippen molar-refractivity contribution in [2.24, 2.45) is 0 Å². The van der Waals surface area contributed by atoms with Crippen LogP contribution in [0.2, 0.25) is 0 Å². The second-order valence-corrected chi connectivity index (χ2v) is 5.84. The minimum atomic E-state index is -1.11. The maximum Gasteiger partial charge on any atom is 0.408 e. The first-order chi connectivity index (χ1) is 9.62. The number of amides is 1. The van der Waals surface area contributed by atoms with Crippen LogP contribution in [0.25, 0.3) is 0 Å². The van der Waals surface area contributed by atoms with Crippen molar-refractivity contribution in [3.63, 3.8) is 0 Å². The number of ether oxygens (including phenoxy) is 1. The summed E-state index contributed by atoms with van der Waals surface area (Å²) in [5, 5.41) is 15.9. The topological polar surface area (TPSA) is 93.5 Å². The van der Waals surface area contributed by atoms with E-state index in [0.29, 0.717) is 6.54 Å². The van der Waals surface area contributed by atoms with Gasteiger partial charge in [-0.1, -0.05) is 0 Å². The Morgan fingerprint density at radius 3 is 2.52 bits per heavy atom. The third-order valence-electron chi connectivity index (χ3n) is 2.79. The van der Waals surface area contributed by atoms with Gasteiger partial charge in [0.15, 0.2) is 0 Å². The fraction of sp³-hybridized carbons (Fsp3) is 0.643.